The molecule has 4 heterocycles. The van der Waals surface area contributed by atoms with Gasteiger partial charge in [0.25, 0.3) is 0 Å². The summed E-state index contributed by atoms with van der Waals surface area (Å²) in [5, 5.41) is 4.22. The average molecular weight is 383 g/mol. The normalized spacial score (nSPS) is 14.0. The molecule has 0 radical (unpaired) electrons. The summed E-state index contributed by atoms with van der Waals surface area (Å²) in [6.07, 6.45) is 6.42. The number of fused-ring (bicyclic) bond motifs is 1. The first kappa shape index (κ1) is 17.7. The molecule has 1 aromatic carbocycles. The molecule has 1 aliphatic rings. The van der Waals surface area contributed by atoms with Crippen LogP contribution in [0.2, 0.25) is 0 Å². The average Bonchev–Trinajstić information content (AvgIpc) is 3.14. The van der Waals surface area contributed by atoms with Crippen LogP contribution in [0.25, 0.3) is 22.7 Å². The van der Waals surface area contributed by atoms with E-state index in [2.05, 4.69) is 32.2 Å². The van der Waals surface area contributed by atoms with Crippen molar-refractivity contribution >= 4 is 0 Å². The third-order valence-electron chi connectivity index (χ3n) is 5.34. The van der Waals surface area contributed by atoms with Gasteiger partial charge in [-0.25, -0.2) is 9.97 Å². The van der Waals surface area contributed by atoms with Crippen molar-refractivity contribution in [3.8, 4) is 22.7 Å². The summed E-state index contributed by atoms with van der Waals surface area (Å²) < 4.78 is 5.65. The second-order valence-electron chi connectivity index (χ2n) is 7.31. The monoisotopic (exact) mass is 383 g/mol. The predicted octanol–water partition coefficient (Wildman–Crippen LogP) is 4.06. The molecule has 0 saturated heterocycles. The summed E-state index contributed by atoms with van der Waals surface area (Å²) in [7, 11) is 0. The van der Waals surface area contributed by atoms with Crippen molar-refractivity contribution < 1.29 is 4.52 Å². The van der Waals surface area contributed by atoms with Crippen LogP contribution >= 0.6 is 0 Å². The molecule has 6 heteroatoms. The van der Waals surface area contributed by atoms with Gasteiger partial charge in [0, 0.05) is 66.9 Å². The van der Waals surface area contributed by atoms with E-state index in [4.69, 9.17) is 9.51 Å². The highest BCUT2D eigenvalue weighted by molar-refractivity contribution is 5.61. The van der Waals surface area contributed by atoms with Gasteiger partial charge in [-0.3, -0.25) is 9.88 Å². The Morgan fingerprint density at radius 2 is 1.90 bits per heavy atom. The highest BCUT2D eigenvalue weighted by Crippen LogP contribution is 2.29. The summed E-state index contributed by atoms with van der Waals surface area (Å²) >= 11 is 0. The highest BCUT2D eigenvalue weighted by Gasteiger charge is 2.23. The molecule has 6 nitrogen and oxygen atoms in total. The molecule has 3 aromatic heterocycles. The molecule has 0 spiro atoms. The van der Waals surface area contributed by atoms with Gasteiger partial charge >= 0.3 is 0 Å². The Kier molecular flexibility index (Phi) is 4.62. The topological polar surface area (TPSA) is 67.9 Å². The maximum atomic E-state index is 5.65. The minimum Gasteiger partial charge on any atom is -0.356 e. The Balaban J connectivity index is 1.37. The molecule has 0 aliphatic carbocycles. The van der Waals surface area contributed by atoms with Crippen molar-refractivity contribution in [2.75, 3.05) is 6.54 Å². The van der Waals surface area contributed by atoms with Gasteiger partial charge in [-0.05, 0) is 19.1 Å². The fourth-order valence-corrected chi connectivity index (χ4v) is 3.76. The fraction of sp³-hybridized carbons (Fsp3) is 0.217. The molecule has 0 saturated carbocycles. The Hall–Kier alpha value is -3.38. The van der Waals surface area contributed by atoms with Crippen LogP contribution in [0.5, 0.6) is 0 Å². The predicted molar refractivity (Wildman–Crippen MR) is 110 cm³/mol. The molecule has 4 aromatic rings. The lowest BCUT2D eigenvalue weighted by Gasteiger charge is -2.28. The highest BCUT2D eigenvalue weighted by atomic mass is 16.5. The Bertz CT molecular complexity index is 1120. The zero-order valence-corrected chi connectivity index (χ0v) is 16.2. The molecule has 0 N–H and O–H groups in total. The van der Waals surface area contributed by atoms with E-state index in [0.29, 0.717) is 0 Å². The number of benzene rings is 1. The minimum absolute atomic E-state index is 0.742. The molecular weight excluding hydrogens is 362 g/mol. The summed E-state index contributed by atoms with van der Waals surface area (Å²) in [5.74, 6) is 1.60. The van der Waals surface area contributed by atoms with E-state index in [9.17, 15) is 0 Å². The first-order chi connectivity index (χ1) is 14.3. The van der Waals surface area contributed by atoms with Crippen molar-refractivity contribution in [1.82, 2.24) is 25.0 Å². The van der Waals surface area contributed by atoms with E-state index in [0.717, 1.165) is 65.7 Å². The van der Waals surface area contributed by atoms with Crippen molar-refractivity contribution in [3.05, 3.63) is 83.6 Å². The molecule has 29 heavy (non-hydrogen) atoms. The second kappa shape index (κ2) is 7.56. The number of hydrogen-bond acceptors (Lipinski definition) is 6. The van der Waals surface area contributed by atoms with Gasteiger partial charge in [0.15, 0.2) is 11.6 Å². The van der Waals surface area contributed by atoms with Gasteiger partial charge in [-0.1, -0.05) is 35.5 Å². The molecule has 0 unspecified atom stereocenters. The Morgan fingerprint density at radius 3 is 2.72 bits per heavy atom. The SMILES string of the molecule is Cc1noc(-c2ccccc2)c1CN1CCc2nc(-c3cccnc3)ncc2C1. The largest absolute Gasteiger partial charge is 0.356 e. The van der Waals surface area contributed by atoms with Crippen molar-refractivity contribution in [2.24, 2.45) is 0 Å². The van der Waals surface area contributed by atoms with Crippen LogP contribution in [0.3, 0.4) is 0 Å². The van der Waals surface area contributed by atoms with Gasteiger partial charge in [0.2, 0.25) is 0 Å². The number of aryl methyl sites for hydroxylation is 1. The second-order valence-corrected chi connectivity index (χ2v) is 7.31. The molecule has 0 atom stereocenters. The van der Waals surface area contributed by atoms with Crippen molar-refractivity contribution in [2.45, 2.75) is 26.4 Å². The third-order valence-corrected chi connectivity index (χ3v) is 5.34. The van der Waals surface area contributed by atoms with Gasteiger partial charge in [0.1, 0.15) is 0 Å². The van der Waals surface area contributed by atoms with E-state index in [1.54, 1.807) is 12.4 Å². The van der Waals surface area contributed by atoms with Gasteiger partial charge in [-0.15, -0.1) is 0 Å². The summed E-state index contributed by atoms with van der Waals surface area (Å²) in [5.41, 5.74) is 6.40. The molecule has 0 bridgehead atoms. The smallest absolute Gasteiger partial charge is 0.171 e. The molecule has 0 amide bonds. The zero-order valence-electron chi connectivity index (χ0n) is 16.2. The van der Waals surface area contributed by atoms with E-state index >= 15 is 0 Å². The molecule has 0 fully saturated rings. The summed E-state index contributed by atoms with van der Waals surface area (Å²) in [6.45, 7) is 4.56. The summed E-state index contributed by atoms with van der Waals surface area (Å²) in [4.78, 5) is 15.9. The fourth-order valence-electron chi connectivity index (χ4n) is 3.76. The minimum atomic E-state index is 0.742. The van der Waals surface area contributed by atoms with Gasteiger partial charge in [0.05, 0.1) is 11.4 Å². The van der Waals surface area contributed by atoms with E-state index in [1.165, 1.54) is 5.56 Å². The van der Waals surface area contributed by atoms with Crippen LogP contribution in [0.15, 0.2) is 65.6 Å². The molecular formula is C23H21N5O. The van der Waals surface area contributed by atoms with Crippen molar-refractivity contribution in [1.29, 1.82) is 0 Å². The van der Waals surface area contributed by atoms with Gasteiger partial charge in [-0.2, -0.15) is 0 Å². The van der Waals surface area contributed by atoms with E-state index < -0.39 is 0 Å². The maximum Gasteiger partial charge on any atom is 0.171 e. The zero-order chi connectivity index (χ0) is 19.6. The Labute approximate surface area is 169 Å². The van der Waals surface area contributed by atoms with Crippen LogP contribution < -0.4 is 0 Å². The standard InChI is InChI=1S/C23H21N5O/c1-16-20(22(29-27-16)17-6-3-2-4-7-17)15-28-11-9-21-19(14-28)13-25-23(26-21)18-8-5-10-24-12-18/h2-8,10,12-13H,9,11,14-15H2,1H3. The lowest BCUT2D eigenvalue weighted by Crippen LogP contribution is -2.31. The molecule has 5 rings (SSSR count). The first-order valence-electron chi connectivity index (χ1n) is 9.76. The third kappa shape index (κ3) is 3.54. The lowest BCUT2D eigenvalue weighted by atomic mass is 10.0. The first-order valence-corrected chi connectivity index (χ1v) is 9.76. The van der Waals surface area contributed by atoms with Crippen molar-refractivity contribution in [3.63, 3.8) is 0 Å². The quantitative estimate of drug-likeness (QED) is 0.529. The number of rotatable bonds is 4. The maximum absolute atomic E-state index is 5.65. The number of hydrogen-bond donors (Lipinski definition) is 0. The number of nitrogens with zero attached hydrogens (tertiary/aromatic N) is 5. The van der Waals surface area contributed by atoms with E-state index in [1.807, 2.05) is 43.5 Å². The number of pyridine rings is 1. The lowest BCUT2D eigenvalue weighted by molar-refractivity contribution is 0.242. The van der Waals surface area contributed by atoms with Gasteiger partial charge < -0.3 is 4.52 Å². The molecule has 1 aliphatic heterocycles. The van der Waals surface area contributed by atoms with Crippen LogP contribution in [-0.2, 0) is 19.5 Å². The van der Waals surface area contributed by atoms with Crippen LogP contribution in [0.1, 0.15) is 22.5 Å². The Morgan fingerprint density at radius 1 is 1.03 bits per heavy atom. The summed E-state index contributed by atoms with van der Waals surface area (Å²) in [6, 6.07) is 14.1. The van der Waals surface area contributed by atoms with Crippen LogP contribution in [0.4, 0.5) is 0 Å². The van der Waals surface area contributed by atoms with Crippen LogP contribution in [0, 0.1) is 6.92 Å². The molecule has 144 valence electrons. The van der Waals surface area contributed by atoms with Crippen LogP contribution in [-0.4, -0.2) is 31.6 Å². The number of aromatic nitrogens is 4. The van der Waals surface area contributed by atoms with E-state index in [-0.39, 0.29) is 0 Å².